The first-order chi connectivity index (χ1) is 27.8. The molecule has 0 amide bonds. The highest BCUT2D eigenvalue weighted by atomic mass is 16.3. The second kappa shape index (κ2) is 13.0. The minimum Gasteiger partial charge on any atom is -0.456 e. The highest BCUT2D eigenvalue weighted by Gasteiger charge is 2.19. The van der Waals surface area contributed by atoms with E-state index in [4.69, 9.17) is 19.4 Å². The third-order valence-electron chi connectivity index (χ3n) is 10.7. The Morgan fingerprint density at radius 3 is 1.68 bits per heavy atom. The summed E-state index contributed by atoms with van der Waals surface area (Å²) in [5.41, 5.74) is 12.5. The Balaban J connectivity index is 1.04. The highest BCUT2D eigenvalue weighted by Crippen LogP contribution is 2.40. The van der Waals surface area contributed by atoms with Crippen molar-refractivity contribution < 1.29 is 4.42 Å². The van der Waals surface area contributed by atoms with Crippen molar-refractivity contribution in [2.24, 2.45) is 0 Å². The maximum Gasteiger partial charge on any atom is 0.164 e. The minimum absolute atomic E-state index is 0.602. The van der Waals surface area contributed by atoms with Gasteiger partial charge in [-0.05, 0) is 53.1 Å². The van der Waals surface area contributed by atoms with Gasteiger partial charge in [0.1, 0.15) is 11.2 Å². The Labute approximate surface area is 322 Å². The fourth-order valence-electron chi connectivity index (χ4n) is 8.06. The number of fused-ring (bicyclic) bond motifs is 6. The van der Waals surface area contributed by atoms with Gasteiger partial charge in [-0.2, -0.15) is 0 Å². The first-order valence-corrected chi connectivity index (χ1v) is 18.8. The SMILES string of the molecule is c1ccc(-c2nc(-c3ccc(-c4ccc5c(c4)c4cccc(-c6ccccc6)c4n5-c4ccccc4)cc3)nc(-c3cccc4oc5ccccc5c34)n2)cc1. The minimum atomic E-state index is 0.602. The maximum atomic E-state index is 6.23. The molecule has 0 aliphatic heterocycles. The molecule has 0 aliphatic rings. The summed E-state index contributed by atoms with van der Waals surface area (Å²) in [5, 5.41) is 4.45. The average Bonchev–Trinajstić information content (AvgIpc) is 3.83. The van der Waals surface area contributed by atoms with Crippen molar-refractivity contribution in [3.05, 3.63) is 194 Å². The molecule has 0 unspecified atom stereocenters. The van der Waals surface area contributed by atoms with Crippen LogP contribution in [0.4, 0.5) is 0 Å². The number of rotatable bonds is 6. The highest BCUT2D eigenvalue weighted by molar-refractivity contribution is 6.15. The van der Waals surface area contributed by atoms with E-state index in [1.165, 1.54) is 32.9 Å². The Hall–Kier alpha value is -7.63. The third kappa shape index (κ3) is 5.29. The van der Waals surface area contributed by atoms with Crippen LogP contribution in [0.3, 0.4) is 0 Å². The summed E-state index contributed by atoms with van der Waals surface area (Å²) >= 11 is 0. The summed E-state index contributed by atoms with van der Waals surface area (Å²) in [6, 6.07) is 67.5. The lowest BCUT2D eigenvalue weighted by Crippen LogP contribution is -2.00. The van der Waals surface area contributed by atoms with Crippen LogP contribution in [0, 0.1) is 0 Å². The number of hydrogen-bond donors (Lipinski definition) is 0. The number of para-hydroxylation sites is 3. The van der Waals surface area contributed by atoms with Crippen LogP contribution in [-0.2, 0) is 0 Å². The molecule has 0 aliphatic carbocycles. The van der Waals surface area contributed by atoms with Gasteiger partial charge in [0.05, 0.1) is 11.0 Å². The molecule has 56 heavy (non-hydrogen) atoms. The van der Waals surface area contributed by atoms with Crippen LogP contribution < -0.4 is 0 Å². The summed E-state index contributed by atoms with van der Waals surface area (Å²) in [6.45, 7) is 0. The summed E-state index contributed by atoms with van der Waals surface area (Å²) in [5.74, 6) is 1.83. The van der Waals surface area contributed by atoms with Crippen LogP contribution in [-0.4, -0.2) is 19.5 Å². The number of hydrogen-bond acceptors (Lipinski definition) is 4. The topological polar surface area (TPSA) is 56.7 Å². The van der Waals surface area contributed by atoms with Crippen LogP contribution in [0.1, 0.15) is 0 Å². The molecule has 11 aromatic rings. The molecule has 0 saturated heterocycles. The van der Waals surface area contributed by atoms with Gasteiger partial charge >= 0.3 is 0 Å². The fraction of sp³-hybridized carbons (Fsp3) is 0. The lowest BCUT2D eigenvalue weighted by Gasteiger charge is -2.12. The van der Waals surface area contributed by atoms with Crippen LogP contribution in [0.2, 0.25) is 0 Å². The van der Waals surface area contributed by atoms with Gasteiger partial charge in [-0.1, -0.05) is 158 Å². The van der Waals surface area contributed by atoms with E-state index >= 15 is 0 Å². The van der Waals surface area contributed by atoms with Gasteiger partial charge in [0.25, 0.3) is 0 Å². The Morgan fingerprint density at radius 1 is 0.357 bits per heavy atom. The molecule has 3 heterocycles. The van der Waals surface area contributed by atoms with Gasteiger partial charge in [-0.15, -0.1) is 0 Å². The normalized spacial score (nSPS) is 11.6. The van der Waals surface area contributed by atoms with Crippen molar-refractivity contribution >= 4 is 43.7 Å². The van der Waals surface area contributed by atoms with Crippen molar-refractivity contribution in [1.29, 1.82) is 0 Å². The van der Waals surface area contributed by atoms with Crippen LogP contribution >= 0.6 is 0 Å². The van der Waals surface area contributed by atoms with Crippen molar-refractivity contribution in [3.63, 3.8) is 0 Å². The lowest BCUT2D eigenvalue weighted by molar-refractivity contribution is 0.669. The van der Waals surface area contributed by atoms with E-state index in [1.807, 2.05) is 60.7 Å². The Bertz CT molecular complexity index is 3220. The molecule has 0 fully saturated rings. The molecule has 3 aromatic heterocycles. The van der Waals surface area contributed by atoms with Crippen molar-refractivity contribution in [1.82, 2.24) is 19.5 Å². The van der Waals surface area contributed by atoms with E-state index in [9.17, 15) is 0 Å². The number of aromatic nitrogens is 4. The van der Waals surface area contributed by atoms with Gasteiger partial charge in [-0.3, -0.25) is 0 Å². The standard InChI is InChI=1S/C51H32N4O/c1-4-14-34(15-5-1)39-21-12-22-40-43-32-37(30-31-44(43)55(48(39)40)38-18-8-3-9-19-38)33-26-28-36(29-27-33)50-52-49(35-16-6-2-7-17-35)53-51(54-50)42-23-13-25-46-47(42)41-20-10-11-24-45(41)56-46/h1-32H. The lowest BCUT2D eigenvalue weighted by atomic mass is 9.99. The molecule has 0 N–H and O–H groups in total. The smallest absolute Gasteiger partial charge is 0.164 e. The molecule has 0 radical (unpaired) electrons. The molecule has 0 spiro atoms. The molecule has 0 atom stereocenters. The predicted octanol–water partition coefficient (Wildman–Crippen LogP) is 13.2. The summed E-state index contributed by atoms with van der Waals surface area (Å²) in [7, 11) is 0. The molecule has 11 rings (SSSR count). The number of furan rings is 1. The second-order valence-electron chi connectivity index (χ2n) is 14.0. The quantitative estimate of drug-likeness (QED) is 0.172. The molecule has 262 valence electrons. The first-order valence-electron chi connectivity index (χ1n) is 18.8. The monoisotopic (exact) mass is 716 g/mol. The second-order valence-corrected chi connectivity index (χ2v) is 14.0. The van der Waals surface area contributed by atoms with Crippen LogP contribution in [0.25, 0.3) is 106 Å². The summed E-state index contributed by atoms with van der Waals surface area (Å²) in [6.07, 6.45) is 0. The zero-order valence-electron chi connectivity index (χ0n) is 30.2. The zero-order chi connectivity index (χ0) is 37.0. The Morgan fingerprint density at radius 2 is 0.911 bits per heavy atom. The van der Waals surface area contributed by atoms with E-state index in [2.05, 4.69) is 138 Å². The van der Waals surface area contributed by atoms with Gasteiger partial charge in [-0.25, -0.2) is 15.0 Å². The van der Waals surface area contributed by atoms with E-state index in [-0.39, 0.29) is 0 Å². The zero-order valence-corrected chi connectivity index (χ0v) is 30.2. The predicted molar refractivity (Wildman–Crippen MR) is 229 cm³/mol. The average molecular weight is 717 g/mol. The largest absolute Gasteiger partial charge is 0.456 e. The molecule has 0 bridgehead atoms. The van der Waals surface area contributed by atoms with Crippen molar-refractivity contribution in [2.75, 3.05) is 0 Å². The van der Waals surface area contributed by atoms with Gasteiger partial charge in [0, 0.05) is 49.5 Å². The van der Waals surface area contributed by atoms with Gasteiger partial charge < -0.3 is 8.98 Å². The molecule has 5 nitrogen and oxygen atoms in total. The molecular weight excluding hydrogens is 685 g/mol. The summed E-state index contributed by atoms with van der Waals surface area (Å²) < 4.78 is 8.63. The Kier molecular flexibility index (Phi) is 7.42. The molecule has 8 aromatic carbocycles. The van der Waals surface area contributed by atoms with E-state index in [0.717, 1.165) is 55.4 Å². The number of nitrogens with zero attached hydrogens (tertiary/aromatic N) is 4. The maximum absolute atomic E-state index is 6.23. The van der Waals surface area contributed by atoms with E-state index < -0.39 is 0 Å². The fourth-order valence-corrected chi connectivity index (χ4v) is 8.06. The van der Waals surface area contributed by atoms with Gasteiger partial charge in [0.15, 0.2) is 17.5 Å². The van der Waals surface area contributed by atoms with Crippen LogP contribution in [0.15, 0.2) is 199 Å². The van der Waals surface area contributed by atoms with Crippen molar-refractivity contribution in [2.45, 2.75) is 0 Å². The molecule has 0 saturated carbocycles. The molecule has 5 heteroatoms. The van der Waals surface area contributed by atoms with Crippen molar-refractivity contribution in [3.8, 4) is 62.1 Å². The third-order valence-corrected chi connectivity index (χ3v) is 10.7. The first kappa shape index (κ1) is 31.9. The summed E-state index contributed by atoms with van der Waals surface area (Å²) in [4.78, 5) is 15.2. The van der Waals surface area contributed by atoms with E-state index in [0.29, 0.717) is 17.5 Å². The molecular formula is C51H32N4O. The van der Waals surface area contributed by atoms with Crippen LogP contribution in [0.5, 0.6) is 0 Å². The van der Waals surface area contributed by atoms with E-state index in [1.54, 1.807) is 0 Å². The number of benzene rings is 8. The van der Waals surface area contributed by atoms with Gasteiger partial charge in [0.2, 0.25) is 0 Å².